The molecule has 10 rings (SSSR count). The Hall–Kier alpha value is -6.88. The number of nitrogens with zero attached hydrogens (tertiary/aromatic N) is 5. The van der Waals surface area contributed by atoms with E-state index in [9.17, 15) is 8.42 Å². The Morgan fingerprint density at radius 1 is 0.400 bits per heavy atom. The number of rotatable bonds is 5. The van der Waals surface area contributed by atoms with Crippen molar-refractivity contribution in [3.05, 3.63) is 203 Å². The summed E-state index contributed by atoms with van der Waals surface area (Å²) in [6.07, 6.45) is 8.41. The predicted octanol–water partition coefficient (Wildman–Crippen LogP) is 12.1. The summed E-state index contributed by atoms with van der Waals surface area (Å²) in [6.45, 7) is 1.84. The maximum absolute atomic E-state index is 10.5. The molecule has 0 amide bonds. The van der Waals surface area contributed by atoms with Gasteiger partial charge in [0, 0.05) is 4.90 Å². The van der Waals surface area contributed by atoms with Crippen LogP contribution in [0.25, 0.3) is 96.0 Å². The standard InChI is InChI=1S/C44H28N4.C7H7NO2S.Co/c1-5-13-29(14-6-1)41-33-21-23-35(45-33)42(30-15-7-2-8-16-30)37-25-27-39(47-37)44(32-19-11-4-12-20-32)40-28-26-38(48-40)43(31-17-9-3-10-18-31)36-24-22-34(41)46-36;1-6-2-4-7(5-3-6)11(8,9)10;/h1-28H;2-5H,1H3;/q-2;-1;+3. The van der Waals surface area contributed by atoms with Crippen LogP contribution in [0, 0.1) is 6.92 Å². The van der Waals surface area contributed by atoms with Crippen LogP contribution in [-0.2, 0) is 26.8 Å². The van der Waals surface area contributed by atoms with E-state index in [4.69, 9.17) is 25.1 Å². The predicted molar refractivity (Wildman–Crippen MR) is 240 cm³/mol. The second-order valence-corrected chi connectivity index (χ2v) is 15.5. The molecule has 8 bridgehead atoms. The largest absolute Gasteiger partial charge is 3.00 e. The van der Waals surface area contributed by atoms with E-state index in [0.717, 1.165) is 94.9 Å². The third kappa shape index (κ3) is 8.20. The Morgan fingerprint density at radius 3 is 0.917 bits per heavy atom. The van der Waals surface area contributed by atoms with Crippen molar-refractivity contribution in [2.75, 3.05) is 0 Å². The summed E-state index contributed by atoms with van der Waals surface area (Å²) in [6, 6.07) is 56.0. The average molecular weight is 841 g/mol. The van der Waals surface area contributed by atoms with Gasteiger partial charge in [-0.25, -0.2) is 18.4 Å². The van der Waals surface area contributed by atoms with Crippen LogP contribution in [0.1, 0.15) is 28.3 Å². The Kier molecular flexibility index (Phi) is 11.4. The second kappa shape index (κ2) is 17.1. The smallest absolute Gasteiger partial charge is 0.678 e. The molecule has 0 N–H and O–H groups in total. The van der Waals surface area contributed by atoms with Crippen LogP contribution in [0.15, 0.2) is 175 Å². The minimum atomic E-state index is -4.02. The molecule has 5 heterocycles. The minimum absolute atomic E-state index is 0. The van der Waals surface area contributed by atoms with E-state index in [1.54, 1.807) is 12.1 Å². The van der Waals surface area contributed by atoms with Crippen molar-refractivity contribution in [2.45, 2.75) is 11.8 Å². The number of hydrogen-bond acceptors (Lipinski definition) is 4. The van der Waals surface area contributed by atoms with Gasteiger partial charge in [0.2, 0.25) is 0 Å². The van der Waals surface area contributed by atoms with Crippen molar-refractivity contribution in [1.29, 1.82) is 0 Å². The summed E-state index contributed by atoms with van der Waals surface area (Å²) in [7, 11) is -4.02. The number of aryl methyl sites for hydroxylation is 1. The maximum atomic E-state index is 10.5. The molecule has 60 heavy (non-hydrogen) atoms. The number of aromatic nitrogens is 4. The van der Waals surface area contributed by atoms with Crippen molar-refractivity contribution in [3.8, 4) is 44.5 Å². The molecular weight excluding hydrogens is 806 g/mol. The molecule has 0 atom stereocenters. The summed E-state index contributed by atoms with van der Waals surface area (Å²) in [5, 5.41) is 8.55. The summed E-state index contributed by atoms with van der Waals surface area (Å²) < 4.78 is 21.0. The van der Waals surface area contributed by atoms with Crippen molar-refractivity contribution in [3.63, 3.8) is 0 Å². The van der Waals surface area contributed by atoms with Crippen LogP contribution in [0.4, 0.5) is 0 Å². The van der Waals surface area contributed by atoms with Gasteiger partial charge in [-0.2, -0.15) is 0 Å². The topological polar surface area (TPSA) is 110 Å². The third-order valence-corrected chi connectivity index (χ3v) is 11.0. The van der Waals surface area contributed by atoms with Crippen LogP contribution < -0.4 is 9.97 Å². The van der Waals surface area contributed by atoms with Gasteiger partial charge in [-0.15, -0.1) is 22.1 Å². The molecule has 7 nitrogen and oxygen atoms in total. The van der Waals surface area contributed by atoms with Gasteiger partial charge in [-0.3, -0.25) is 0 Å². The first-order chi connectivity index (χ1) is 28.8. The van der Waals surface area contributed by atoms with Gasteiger partial charge in [0.1, 0.15) is 0 Å². The fraction of sp³-hybridized carbons (Fsp3) is 0.0196. The van der Waals surface area contributed by atoms with Crippen LogP contribution in [0.3, 0.4) is 0 Å². The molecule has 1 radical (unpaired) electrons. The normalized spacial score (nSPS) is 11.7. The van der Waals surface area contributed by atoms with E-state index >= 15 is 0 Å². The summed E-state index contributed by atoms with van der Waals surface area (Å²) in [5.74, 6) is 0. The molecule has 9 heteroatoms. The first-order valence-corrected chi connectivity index (χ1v) is 20.6. The van der Waals surface area contributed by atoms with E-state index in [1.165, 1.54) is 12.1 Å². The Bertz CT molecular complexity index is 2810. The molecule has 2 aliphatic heterocycles. The maximum Gasteiger partial charge on any atom is 3.00 e. The summed E-state index contributed by atoms with van der Waals surface area (Å²) >= 11 is 0. The molecular formula is C51H35CoN5O2S. The van der Waals surface area contributed by atoms with Gasteiger partial charge in [0.15, 0.2) is 0 Å². The zero-order valence-corrected chi connectivity index (χ0v) is 34.1. The van der Waals surface area contributed by atoms with Crippen molar-refractivity contribution < 1.29 is 25.2 Å². The molecule has 5 aromatic carbocycles. The van der Waals surface area contributed by atoms with E-state index < -0.39 is 10.0 Å². The molecule has 3 aromatic heterocycles. The summed E-state index contributed by atoms with van der Waals surface area (Å²) in [5.41, 5.74) is 16.0. The van der Waals surface area contributed by atoms with E-state index in [1.807, 2.05) is 31.2 Å². The molecule has 0 saturated heterocycles. The van der Waals surface area contributed by atoms with Gasteiger partial charge in [0.25, 0.3) is 0 Å². The molecule has 0 spiro atoms. The van der Waals surface area contributed by atoms with Gasteiger partial charge in [-0.1, -0.05) is 163 Å². The first-order valence-electron chi connectivity index (χ1n) is 19.1. The molecule has 0 fully saturated rings. The quantitative estimate of drug-likeness (QED) is 0.171. The van der Waals surface area contributed by atoms with Crippen LogP contribution in [-0.4, -0.2) is 18.4 Å². The van der Waals surface area contributed by atoms with Gasteiger partial charge >= 0.3 is 16.8 Å². The zero-order valence-electron chi connectivity index (χ0n) is 32.3. The average Bonchev–Trinajstić information content (AvgIpc) is 4.11. The SMILES string of the molecule is C1=Cc2nc1c(-c1ccccc1)c1ccc([n-]1)c(-c1ccccc1)c1nc(c(-c3ccccc3)c3ccc([n-]3)c2-c2ccccc2)C=C1.Cc1ccc(S([N-])(=O)=O)cc1.[Co+3]. The Balaban J connectivity index is 0.000000364. The van der Waals surface area contributed by atoms with Crippen molar-refractivity contribution in [1.82, 2.24) is 19.9 Å². The van der Waals surface area contributed by atoms with Gasteiger partial charge in [-0.05, 0) is 87.9 Å². The van der Waals surface area contributed by atoms with Gasteiger partial charge in [0.05, 0.1) is 32.8 Å². The number of sulfonamides is 1. The molecule has 291 valence electrons. The molecule has 8 aromatic rings. The number of fused-ring (bicyclic) bond motifs is 8. The molecule has 0 saturated carbocycles. The van der Waals surface area contributed by atoms with Crippen LogP contribution in [0.5, 0.6) is 0 Å². The van der Waals surface area contributed by atoms with Crippen molar-refractivity contribution in [2.24, 2.45) is 0 Å². The minimum Gasteiger partial charge on any atom is -0.678 e. The number of hydrogen-bond donors (Lipinski definition) is 0. The Morgan fingerprint density at radius 2 is 0.667 bits per heavy atom. The molecule has 0 unspecified atom stereocenters. The molecule has 0 aliphatic carbocycles. The fourth-order valence-electron chi connectivity index (χ4n) is 7.40. The Labute approximate surface area is 359 Å². The summed E-state index contributed by atoms with van der Waals surface area (Å²) in [4.78, 5) is 21.2. The van der Waals surface area contributed by atoms with E-state index in [-0.39, 0.29) is 21.7 Å². The van der Waals surface area contributed by atoms with E-state index in [2.05, 4.69) is 146 Å². The zero-order chi connectivity index (χ0) is 40.3. The van der Waals surface area contributed by atoms with E-state index in [0.29, 0.717) is 0 Å². The second-order valence-electron chi connectivity index (χ2n) is 14.1. The van der Waals surface area contributed by atoms with Crippen molar-refractivity contribution >= 4 is 56.4 Å². The molecule has 2 aliphatic rings. The van der Waals surface area contributed by atoms with Crippen LogP contribution in [0.2, 0.25) is 0 Å². The van der Waals surface area contributed by atoms with Crippen LogP contribution >= 0.6 is 0 Å². The monoisotopic (exact) mass is 840 g/mol. The first kappa shape index (κ1) is 39.9. The third-order valence-electron chi connectivity index (χ3n) is 10.2. The number of benzene rings is 5. The van der Waals surface area contributed by atoms with Gasteiger partial charge < -0.3 is 15.1 Å². The fourth-order valence-corrected chi connectivity index (χ4v) is 7.88.